The van der Waals surface area contributed by atoms with Crippen LogP contribution in [0.1, 0.15) is 95.5 Å². The molecular formula is C56H57N4O+. The molecule has 61 heavy (non-hydrogen) atoms. The first-order chi connectivity index (χ1) is 32.2. The standard InChI is InChI=1S/C56H57N4O/c1-37-16-14-21-51-53(37)60(44-30-41(55(5,6)7)29-42(31-44)56(8,9)10)35-59(51,36-60)43-19-15-20-45(33-43)61-46-23-25-48-47-24-22-39(38-17-12-11-13-18-38)28-49(47)58(50(48)34-46)52-32-40(26-27-57-52)54(2,3)4/h11-35H,36H2,1-10H3/q+1/t59-,60+/m1/s1/i1D3,11D,12D,13D,17D,18D. The molecule has 2 bridgehead atoms. The van der Waals surface area contributed by atoms with Gasteiger partial charge in [-0.3, -0.25) is 13.5 Å². The number of hydrogen-bond acceptors (Lipinski definition) is 2. The Morgan fingerprint density at radius 3 is 1.97 bits per heavy atom. The summed E-state index contributed by atoms with van der Waals surface area (Å²) in [6, 6.07) is 34.5. The van der Waals surface area contributed by atoms with Crippen molar-refractivity contribution < 1.29 is 15.7 Å². The van der Waals surface area contributed by atoms with Crippen molar-refractivity contribution >= 4 is 44.6 Å². The van der Waals surface area contributed by atoms with E-state index in [1.165, 1.54) is 11.1 Å². The zero-order chi connectivity index (χ0) is 49.5. The van der Waals surface area contributed by atoms with Crippen LogP contribution in [-0.2, 0) is 16.2 Å². The van der Waals surface area contributed by atoms with Crippen molar-refractivity contribution in [2.45, 2.75) is 85.4 Å². The molecule has 6 aromatic carbocycles. The molecule has 0 amide bonds. The Kier molecular flexibility index (Phi) is 6.84. The van der Waals surface area contributed by atoms with Gasteiger partial charge in [0.2, 0.25) is 0 Å². The second kappa shape index (κ2) is 13.5. The smallest absolute Gasteiger partial charge is 0.186 e. The molecule has 5 nitrogen and oxygen atoms in total. The number of para-hydroxylation sites is 1. The summed E-state index contributed by atoms with van der Waals surface area (Å²) in [6.45, 7) is 20.3. The molecule has 1 saturated heterocycles. The van der Waals surface area contributed by atoms with E-state index in [9.17, 15) is 0 Å². The Balaban J connectivity index is 1.10. The number of aromatic nitrogens is 2. The van der Waals surface area contributed by atoms with E-state index in [2.05, 4.69) is 110 Å². The summed E-state index contributed by atoms with van der Waals surface area (Å²) in [5, 5.41) is 1.82. The predicted octanol–water partition coefficient (Wildman–Crippen LogP) is 15.2. The topological polar surface area (TPSA) is 27.1 Å². The lowest BCUT2D eigenvalue weighted by atomic mass is 9.80. The van der Waals surface area contributed by atoms with Crippen LogP contribution in [-0.4, -0.2) is 16.2 Å². The number of ether oxygens (including phenoxy) is 1. The third kappa shape index (κ3) is 6.32. The molecule has 306 valence electrons. The molecule has 0 aliphatic carbocycles. The summed E-state index contributed by atoms with van der Waals surface area (Å²) < 4.78 is 78.2. The van der Waals surface area contributed by atoms with Gasteiger partial charge in [-0.25, -0.2) is 4.98 Å². The Morgan fingerprint density at radius 1 is 0.623 bits per heavy atom. The molecule has 0 N–H and O–H groups in total. The minimum atomic E-state index is -2.33. The van der Waals surface area contributed by atoms with E-state index in [4.69, 9.17) is 20.7 Å². The maximum Gasteiger partial charge on any atom is 0.186 e. The molecule has 3 aliphatic rings. The SMILES string of the molecule is [2H]c1c([2H])c([2H])c(-c2ccc3c4ccc(Oc5cccc([N@@+]67[CH-][N@@+](c8cc(C(C)(C)C)cc(C(C)(C)C)c8)(C6)c6c(C([2H])([2H])[2H])cccc67)c5)cc4n(-c4cc(C(C)(C)C)ccn4)c3c2)c([2H])c1[2H]. The van der Waals surface area contributed by atoms with E-state index < -0.39 is 12.9 Å². The van der Waals surface area contributed by atoms with Gasteiger partial charge in [0.25, 0.3) is 0 Å². The first kappa shape index (κ1) is 30.9. The number of fused-ring (bicyclic) bond motifs is 3. The van der Waals surface area contributed by atoms with E-state index in [0.29, 0.717) is 44.1 Å². The highest BCUT2D eigenvalue weighted by Crippen LogP contribution is 2.66. The summed E-state index contributed by atoms with van der Waals surface area (Å²) in [5.41, 5.74) is 9.31. The molecule has 5 heteroatoms. The second-order valence-electron chi connectivity index (χ2n) is 19.9. The average Bonchev–Trinajstić information content (AvgIpc) is 3.87. The highest BCUT2D eigenvalue weighted by molar-refractivity contribution is 6.10. The van der Waals surface area contributed by atoms with Crippen molar-refractivity contribution in [1.82, 2.24) is 18.5 Å². The van der Waals surface area contributed by atoms with Crippen LogP contribution in [0.5, 0.6) is 11.5 Å². The third-order valence-electron chi connectivity index (χ3n) is 12.7. The van der Waals surface area contributed by atoms with Gasteiger partial charge in [-0.15, -0.1) is 0 Å². The first-order valence-electron chi connectivity index (χ1n) is 25.1. The monoisotopic (exact) mass is 810 g/mol. The molecule has 0 radical (unpaired) electrons. The van der Waals surface area contributed by atoms with Gasteiger partial charge in [-0.2, -0.15) is 0 Å². The molecule has 11 rings (SSSR count). The quantitative estimate of drug-likeness (QED) is 0.124. The zero-order valence-corrected chi connectivity index (χ0v) is 36.5. The zero-order valence-electron chi connectivity index (χ0n) is 44.5. The van der Waals surface area contributed by atoms with E-state index in [1.54, 1.807) is 12.3 Å². The van der Waals surface area contributed by atoms with Crippen LogP contribution in [0.2, 0.25) is 0 Å². The molecule has 3 aliphatic heterocycles. The summed E-state index contributed by atoms with van der Waals surface area (Å²) in [7, 11) is 0. The molecule has 1 fully saturated rings. The Hall–Kier alpha value is -6.01. The number of hydrogen-bond donors (Lipinski definition) is 0. The fourth-order valence-electron chi connectivity index (χ4n) is 9.27. The normalized spacial score (nSPS) is 20.7. The summed E-state index contributed by atoms with van der Waals surface area (Å²) in [4.78, 5) is 4.88. The van der Waals surface area contributed by atoms with Crippen LogP contribution < -0.4 is 13.7 Å². The summed E-state index contributed by atoms with van der Waals surface area (Å²) >= 11 is 0. The van der Waals surface area contributed by atoms with Gasteiger partial charge in [0.15, 0.2) is 18.0 Å². The number of quaternary nitrogens is 2. The number of benzene rings is 6. The highest BCUT2D eigenvalue weighted by atomic mass is 16.5. The fraction of sp³-hybridized carbons (Fsp3) is 0.250. The number of nitrogens with zero attached hydrogens (tertiary/aromatic N) is 4. The maximum atomic E-state index is 8.76. The lowest BCUT2D eigenvalue weighted by Gasteiger charge is -2.56. The lowest BCUT2D eigenvalue weighted by molar-refractivity contribution is 0.186. The van der Waals surface area contributed by atoms with Crippen molar-refractivity contribution in [3.8, 4) is 28.4 Å². The van der Waals surface area contributed by atoms with Crippen molar-refractivity contribution in [2.24, 2.45) is 0 Å². The molecule has 0 spiro atoms. The Labute approximate surface area is 372 Å². The Bertz CT molecular complexity index is 3380. The first-order valence-corrected chi connectivity index (χ1v) is 21.1. The van der Waals surface area contributed by atoms with E-state index in [1.807, 2.05) is 66.7 Å². The van der Waals surface area contributed by atoms with Gasteiger partial charge in [0, 0.05) is 57.0 Å². The van der Waals surface area contributed by atoms with E-state index >= 15 is 0 Å². The molecule has 0 saturated carbocycles. The molecule has 2 aromatic heterocycles. The van der Waals surface area contributed by atoms with Gasteiger partial charge in [0.1, 0.15) is 28.7 Å². The minimum Gasteiger partial charge on any atom is -0.457 e. The average molecular weight is 810 g/mol. The maximum absolute atomic E-state index is 8.76. The van der Waals surface area contributed by atoms with E-state index in [-0.39, 0.29) is 46.0 Å². The lowest BCUT2D eigenvalue weighted by Crippen LogP contribution is -2.67. The molecule has 8 aromatic rings. The Morgan fingerprint density at radius 2 is 1.28 bits per heavy atom. The second-order valence-corrected chi connectivity index (χ2v) is 19.9. The van der Waals surface area contributed by atoms with Gasteiger partial charge >= 0.3 is 0 Å². The molecule has 5 heterocycles. The van der Waals surface area contributed by atoms with Crippen LogP contribution >= 0.6 is 0 Å². The van der Waals surface area contributed by atoms with Crippen LogP contribution in [0, 0.1) is 13.5 Å². The summed E-state index contributed by atoms with van der Waals surface area (Å²) in [5.74, 6) is 1.86. The number of pyridine rings is 1. The van der Waals surface area contributed by atoms with Crippen molar-refractivity contribution in [2.75, 3.05) is 6.67 Å². The highest BCUT2D eigenvalue weighted by Gasteiger charge is 2.63. The predicted molar refractivity (Wildman–Crippen MR) is 256 cm³/mol. The molecule has 2 atom stereocenters. The van der Waals surface area contributed by atoms with Gasteiger partial charge in [0.05, 0.1) is 24.6 Å². The number of rotatable bonds is 6. The van der Waals surface area contributed by atoms with Crippen molar-refractivity contribution in [3.05, 3.63) is 175 Å². The van der Waals surface area contributed by atoms with E-state index in [0.717, 1.165) is 50.1 Å². The molecular weight excluding hydrogens is 745 g/mol. The largest absolute Gasteiger partial charge is 0.457 e. The van der Waals surface area contributed by atoms with Crippen LogP contribution in [0.4, 0.5) is 22.7 Å². The van der Waals surface area contributed by atoms with Crippen LogP contribution in [0.3, 0.4) is 0 Å². The van der Waals surface area contributed by atoms with Crippen molar-refractivity contribution in [3.63, 3.8) is 0 Å². The van der Waals surface area contributed by atoms with Gasteiger partial charge in [-0.1, -0.05) is 129 Å². The van der Waals surface area contributed by atoms with Crippen LogP contribution in [0.15, 0.2) is 146 Å². The van der Waals surface area contributed by atoms with Crippen LogP contribution in [0.25, 0.3) is 38.8 Å². The fourth-order valence-corrected chi connectivity index (χ4v) is 9.27. The molecule has 0 unspecified atom stereocenters. The van der Waals surface area contributed by atoms with Gasteiger partial charge in [-0.05, 0) is 93.4 Å². The third-order valence-corrected chi connectivity index (χ3v) is 12.7. The van der Waals surface area contributed by atoms with Crippen molar-refractivity contribution in [1.29, 1.82) is 0 Å². The number of aryl methyl sites for hydroxylation is 1. The summed E-state index contributed by atoms with van der Waals surface area (Å²) in [6.07, 6.45) is 1.80. The van der Waals surface area contributed by atoms with Gasteiger partial charge < -0.3 is 4.74 Å². The minimum absolute atomic E-state index is 0.130.